The number of phosphoric acid groups is 1. The minimum atomic E-state index is -4.35. The SMILES string of the molecule is CCCCCCC/C=C/CC/C=C/CC/C=C/C(O)C(COP(=O)(O)OCCN)NC(=O)CCCCCCCCCCC/C=C\CCCCCCCCCC. The minimum Gasteiger partial charge on any atom is -0.387 e. The van der Waals surface area contributed by atoms with Crippen LogP contribution in [-0.4, -0.2) is 47.8 Å². The van der Waals surface area contributed by atoms with Gasteiger partial charge in [-0.05, 0) is 70.6 Å². The quantitative estimate of drug-likeness (QED) is 0.0275. The molecule has 55 heavy (non-hydrogen) atoms. The first-order chi connectivity index (χ1) is 26.9. The zero-order valence-corrected chi connectivity index (χ0v) is 36.6. The highest BCUT2D eigenvalue weighted by atomic mass is 31.2. The Kier molecular flexibility index (Phi) is 40.9. The first-order valence-corrected chi connectivity index (χ1v) is 24.3. The molecule has 0 spiro atoms. The van der Waals surface area contributed by atoms with Crippen LogP contribution in [0.15, 0.2) is 48.6 Å². The highest BCUT2D eigenvalue weighted by Crippen LogP contribution is 2.43. The predicted molar refractivity (Wildman–Crippen MR) is 235 cm³/mol. The van der Waals surface area contributed by atoms with Gasteiger partial charge < -0.3 is 21.1 Å². The maximum absolute atomic E-state index is 12.8. The first kappa shape index (κ1) is 53.5. The van der Waals surface area contributed by atoms with Gasteiger partial charge in [-0.2, -0.15) is 0 Å². The van der Waals surface area contributed by atoms with E-state index in [1.807, 2.05) is 6.08 Å². The van der Waals surface area contributed by atoms with Gasteiger partial charge >= 0.3 is 7.82 Å². The number of allylic oxidation sites excluding steroid dienone is 7. The molecule has 1 amide bonds. The fourth-order valence-electron chi connectivity index (χ4n) is 6.39. The maximum atomic E-state index is 12.8. The Balaban J connectivity index is 4.21. The minimum absolute atomic E-state index is 0.0705. The van der Waals surface area contributed by atoms with Crippen molar-refractivity contribution >= 4 is 13.7 Å². The number of nitrogens with two attached hydrogens (primary N) is 1. The molecule has 0 saturated carbocycles. The van der Waals surface area contributed by atoms with Crippen LogP contribution in [0, 0.1) is 0 Å². The van der Waals surface area contributed by atoms with Crippen LogP contribution in [0.4, 0.5) is 0 Å². The summed E-state index contributed by atoms with van der Waals surface area (Å²) in [6.45, 7) is 4.09. The molecule has 3 unspecified atom stereocenters. The third-order valence-electron chi connectivity index (χ3n) is 9.85. The Bertz CT molecular complexity index is 1000. The van der Waals surface area contributed by atoms with E-state index in [-0.39, 0.29) is 25.7 Å². The van der Waals surface area contributed by atoms with Gasteiger partial charge in [0.1, 0.15) is 0 Å². The van der Waals surface area contributed by atoms with Crippen LogP contribution in [0.3, 0.4) is 0 Å². The van der Waals surface area contributed by atoms with Gasteiger partial charge in [0.2, 0.25) is 5.91 Å². The van der Waals surface area contributed by atoms with Crippen molar-refractivity contribution in [3.05, 3.63) is 48.6 Å². The van der Waals surface area contributed by atoms with E-state index in [9.17, 15) is 19.4 Å². The number of aliphatic hydroxyl groups excluding tert-OH is 1. The van der Waals surface area contributed by atoms with E-state index >= 15 is 0 Å². The van der Waals surface area contributed by atoms with Crippen LogP contribution in [0.25, 0.3) is 0 Å². The summed E-state index contributed by atoms with van der Waals surface area (Å²) in [7, 11) is -4.35. The van der Waals surface area contributed by atoms with E-state index in [4.69, 9.17) is 14.8 Å². The summed E-state index contributed by atoms with van der Waals surface area (Å²) < 4.78 is 22.1. The Morgan fingerprint density at radius 1 is 0.582 bits per heavy atom. The third kappa shape index (κ3) is 40.5. The van der Waals surface area contributed by atoms with Crippen molar-refractivity contribution in [1.82, 2.24) is 5.32 Å². The molecule has 0 radical (unpaired) electrons. The van der Waals surface area contributed by atoms with E-state index < -0.39 is 20.0 Å². The summed E-state index contributed by atoms with van der Waals surface area (Å²) in [6.07, 6.45) is 51.7. The molecule has 5 N–H and O–H groups in total. The van der Waals surface area contributed by atoms with Crippen LogP contribution < -0.4 is 11.1 Å². The molecule has 0 heterocycles. The summed E-state index contributed by atoms with van der Waals surface area (Å²) in [5.74, 6) is -0.211. The molecule has 8 nitrogen and oxygen atoms in total. The van der Waals surface area contributed by atoms with Crippen LogP contribution in [-0.2, 0) is 18.4 Å². The number of hydrogen-bond acceptors (Lipinski definition) is 6. The monoisotopic (exact) mass is 795 g/mol. The Hall–Kier alpha value is -1.54. The molecule has 3 atom stereocenters. The van der Waals surface area contributed by atoms with E-state index in [0.29, 0.717) is 6.42 Å². The number of unbranched alkanes of at least 4 members (excludes halogenated alkanes) is 24. The van der Waals surface area contributed by atoms with Crippen molar-refractivity contribution in [2.24, 2.45) is 5.73 Å². The lowest BCUT2D eigenvalue weighted by atomic mass is 10.0. The zero-order valence-electron chi connectivity index (χ0n) is 35.7. The summed E-state index contributed by atoms with van der Waals surface area (Å²) in [5.41, 5.74) is 5.37. The topological polar surface area (TPSA) is 131 Å². The number of rotatable bonds is 42. The predicted octanol–water partition coefficient (Wildman–Crippen LogP) is 12.9. The van der Waals surface area contributed by atoms with Crippen LogP contribution in [0.2, 0.25) is 0 Å². The standard InChI is InChI=1S/C46H87N2O6P/c1-3-5-7-9-11-13-15-17-19-20-21-22-23-24-26-28-30-32-34-36-38-40-46(50)48-44(43-54-55(51,52)53-42-41-47)45(49)39-37-35-33-31-29-27-25-18-16-14-12-10-8-6-4-2/h16,18,20-21,29,31,37,39,44-45,49H,3-15,17,19,22-28,30,32-36,38,40-43,47H2,1-2H3,(H,48,50)(H,51,52)/b18-16+,21-20-,31-29+,39-37+. The smallest absolute Gasteiger partial charge is 0.387 e. The molecule has 0 fully saturated rings. The second kappa shape index (κ2) is 42.1. The highest BCUT2D eigenvalue weighted by Gasteiger charge is 2.26. The average molecular weight is 795 g/mol. The van der Waals surface area contributed by atoms with Crippen LogP contribution in [0.1, 0.15) is 206 Å². The maximum Gasteiger partial charge on any atom is 0.472 e. The van der Waals surface area contributed by atoms with Crippen LogP contribution >= 0.6 is 7.82 Å². The van der Waals surface area contributed by atoms with Gasteiger partial charge in [0.05, 0.1) is 25.4 Å². The Morgan fingerprint density at radius 3 is 1.40 bits per heavy atom. The lowest BCUT2D eigenvalue weighted by Crippen LogP contribution is -2.45. The molecule has 0 bridgehead atoms. The molecule has 0 aromatic rings. The number of aliphatic hydroxyl groups is 1. The molecule has 0 aliphatic heterocycles. The molecule has 0 aromatic carbocycles. The third-order valence-corrected chi connectivity index (χ3v) is 10.8. The van der Waals surface area contributed by atoms with Crippen LogP contribution in [0.5, 0.6) is 0 Å². The van der Waals surface area contributed by atoms with Gasteiger partial charge in [0.25, 0.3) is 0 Å². The summed E-state index contributed by atoms with van der Waals surface area (Å²) in [4.78, 5) is 22.7. The second-order valence-corrected chi connectivity index (χ2v) is 16.7. The van der Waals surface area contributed by atoms with Crippen molar-refractivity contribution < 1.29 is 28.4 Å². The normalized spacial score (nSPS) is 14.5. The number of phosphoric ester groups is 1. The van der Waals surface area contributed by atoms with Gasteiger partial charge in [-0.15, -0.1) is 0 Å². The first-order valence-electron chi connectivity index (χ1n) is 22.8. The van der Waals surface area contributed by atoms with Gasteiger partial charge in [0.15, 0.2) is 0 Å². The molecule has 0 aromatic heterocycles. The molecule has 9 heteroatoms. The Morgan fingerprint density at radius 2 is 0.964 bits per heavy atom. The molecule has 0 aliphatic rings. The second-order valence-electron chi connectivity index (χ2n) is 15.2. The number of carbonyl (C=O) groups is 1. The fourth-order valence-corrected chi connectivity index (χ4v) is 7.15. The van der Waals surface area contributed by atoms with Crippen molar-refractivity contribution in [3.63, 3.8) is 0 Å². The van der Waals surface area contributed by atoms with Gasteiger partial charge in [0, 0.05) is 13.0 Å². The molecule has 0 saturated heterocycles. The number of amides is 1. The van der Waals surface area contributed by atoms with E-state index in [0.717, 1.165) is 44.9 Å². The summed E-state index contributed by atoms with van der Waals surface area (Å²) in [5, 5.41) is 13.6. The summed E-state index contributed by atoms with van der Waals surface area (Å²) in [6, 6.07) is -0.884. The lowest BCUT2D eigenvalue weighted by Gasteiger charge is -2.23. The Labute approximate surface area is 339 Å². The molecular formula is C46H87N2O6P. The molecular weight excluding hydrogens is 707 g/mol. The highest BCUT2D eigenvalue weighted by molar-refractivity contribution is 7.47. The van der Waals surface area contributed by atoms with E-state index in [1.54, 1.807) is 6.08 Å². The number of carbonyl (C=O) groups excluding carboxylic acids is 1. The largest absolute Gasteiger partial charge is 0.472 e. The molecule has 322 valence electrons. The molecule has 0 rings (SSSR count). The van der Waals surface area contributed by atoms with Gasteiger partial charge in [-0.1, -0.05) is 178 Å². The van der Waals surface area contributed by atoms with Crippen molar-refractivity contribution in [2.45, 2.75) is 219 Å². The number of nitrogens with one attached hydrogen (secondary N) is 1. The number of hydrogen-bond donors (Lipinski definition) is 4. The van der Waals surface area contributed by atoms with E-state index in [1.165, 1.54) is 141 Å². The van der Waals surface area contributed by atoms with Gasteiger partial charge in [-0.25, -0.2) is 4.57 Å². The summed E-state index contributed by atoms with van der Waals surface area (Å²) >= 11 is 0. The lowest BCUT2D eigenvalue weighted by molar-refractivity contribution is -0.123. The van der Waals surface area contributed by atoms with E-state index in [2.05, 4.69) is 55.6 Å². The average Bonchev–Trinajstić information content (AvgIpc) is 3.17. The molecule has 0 aliphatic carbocycles. The van der Waals surface area contributed by atoms with Crippen molar-refractivity contribution in [3.8, 4) is 0 Å². The zero-order chi connectivity index (χ0) is 40.3. The van der Waals surface area contributed by atoms with Crippen molar-refractivity contribution in [2.75, 3.05) is 19.8 Å². The fraction of sp³-hybridized carbons (Fsp3) is 0.804. The van der Waals surface area contributed by atoms with Gasteiger partial charge in [-0.3, -0.25) is 13.8 Å². The van der Waals surface area contributed by atoms with Crippen molar-refractivity contribution in [1.29, 1.82) is 0 Å².